The molecule has 26 heavy (non-hydrogen) atoms. The molecule has 1 aromatic carbocycles. The number of nitrogens with zero attached hydrogens (tertiary/aromatic N) is 2. The highest BCUT2D eigenvalue weighted by molar-refractivity contribution is 7.90. The van der Waals surface area contributed by atoms with Crippen molar-refractivity contribution < 1.29 is 13.2 Å². The Balaban J connectivity index is 1.61. The Hall–Kier alpha value is -1.60. The number of likely N-dealkylation sites (tertiary alicyclic amines) is 1. The largest absolute Gasteiger partial charge is 0.324 e. The Morgan fingerprint density at radius 3 is 2.58 bits per heavy atom. The average molecular weight is 380 g/mol. The molecule has 0 bridgehead atoms. The van der Waals surface area contributed by atoms with Gasteiger partial charge in [-0.2, -0.15) is 0 Å². The molecule has 2 heterocycles. The van der Waals surface area contributed by atoms with Crippen molar-refractivity contribution >= 4 is 21.7 Å². The molecule has 2 aliphatic rings. The van der Waals surface area contributed by atoms with Gasteiger partial charge in [-0.05, 0) is 43.2 Å². The molecule has 0 saturated carbocycles. The zero-order chi connectivity index (χ0) is 18.7. The Morgan fingerprint density at radius 1 is 1.19 bits per heavy atom. The predicted octanol–water partition coefficient (Wildman–Crippen LogP) is 2.99. The highest BCUT2D eigenvalue weighted by Gasteiger charge is 2.46. The quantitative estimate of drug-likeness (QED) is 0.874. The van der Waals surface area contributed by atoms with E-state index < -0.39 is 10.0 Å². The minimum absolute atomic E-state index is 0.127. The average Bonchev–Trinajstić information content (AvgIpc) is 2.75. The van der Waals surface area contributed by atoms with Crippen molar-refractivity contribution in [1.82, 2.24) is 9.21 Å². The van der Waals surface area contributed by atoms with Crippen LogP contribution in [0.5, 0.6) is 0 Å². The molecule has 2 fully saturated rings. The van der Waals surface area contributed by atoms with Gasteiger partial charge in [0.15, 0.2) is 0 Å². The third-order valence-corrected chi connectivity index (χ3v) is 7.87. The minimum atomic E-state index is -3.24. The molecule has 2 saturated heterocycles. The maximum absolute atomic E-state index is 12.9. The van der Waals surface area contributed by atoms with Crippen molar-refractivity contribution in [1.29, 1.82) is 0 Å². The van der Waals surface area contributed by atoms with Gasteiger partial charge >= 0.3 is 6.03 Å². The first kappa shape index (κ1) is 19.2. The van der Waals surface area contributed by atoms with Crippen molar-refractivity contribution in [2.75, 3.05) is 31.5 Å². The summed E-state index contributed by atoms with van der Waals surface area (Å²) in [7, 11) is -3.24. The molecule has 1 N–H and O–H groups in total. The van der Waals surface area contributed by atoms with E-state index >= 15 is 0 Å². The highest BCUT2D eigenvalue weighted by Crippen LogP contribution is 2.34. The SMILES string of the molecule is CC(C)CCN1C[C@H]2CCN(C(=O)Nc3ccccc3)CC[C@H]2S1(=O)=O. The van der Waals surface area contributed by atoms with E-state index in [0.717, 1.165) is 18.5 Å². The summed E-state index contributed by atoms with van der Waals surface area (Å²) in [5, 5.41) is 2.55. The lowest BCUT2D eigenvalue weighted by molar-refractivity contribution is 0.212. The number of nitrogens with one attached hydrogen (secondary N) is 1. The number of rotatable bonds is 4. The Morgan fingerprint density at radius 2 is 1.88 bits per heavy atom. The van der Waals surface area contributed by atoms with Crippen molar-refractivity contribution in [3.8, 4) is 0 Å². The van der Waals surface area contributed by atoms with Crippen LogP contribution in [0.25, 0.3) is 0 Å². The summed E-state index contributed by atoms with van der Waals surface area (Å²) in [6.45, 7) is 6.54. The van der Waals surface area contributed by atoms with Gasteiger partial charge in [0, 0.05) is 31.9 Å². The molecule has 2 amide bonds. The molecule has 7 heteroatoms. The topological polar surface area (TPSA) is 69.7 Å². The van der Waals surface area contributed by atoms with E-state index in [1.54, 1.807) is 9.21 Å². The number of amides is 2. The fourth-order valence-corrected chi connectivity index (χ4v) is 6.10. The van der Waals surface area contributed by atoms with Crippen LogP contribution in [0.2, 0.25) is 0 Å². The van der Waals surface area contributed by atoms with Gasteiger partial charge in [0.2, 0.25) is 10.0 Å². The molecule has 2 aliphatic heterocycles. The molecule has 3 rings (SSSR count). The number of hydrogen-bond donors (Lipinski definition) is 1. The number of para-hydroxylation sites is 1. The maximum atomic E-state index is 12.9. The van der Waals surface area contributed by atoms with Crippen LogP contribution in [0, 0.1) is 11.8 Å². The van der Waals surface area contributed by atoms with Crippen LogP contribution >= 0.6 is 0 Å². The molecule has 0 spiro atoms. The van der Waals surface area contributed by atoms with Crippen molar-refractivity contribution in [2.45, 2.75) is 38.4 Å². The molecule has 6 nitrogen and oxygen atoms in total. The predicted molar refractivity (Wildman–Crippen MR) is 103 cm³/mol. The van der Waals surface area contributed by atoms with Crippen LogP contribution in [0.3, 0.4) is 0 Å². The number of hydrogen-bond acceptors (Lipinski definition) is 3. The van der Waals surface area contributed by atoms with Crippen molar-refractivity contribution in [3.63, 3.8) is 0 Å². The Labute approximate surface area is 156 Å². The van der Waals surface area contributed by atoms with Crippen LogP contribution < -0.4 is 5.32 Å². The van der Waals surface area contributed by atoms with E-state index in [9.17, 15) is 13.2 Å². The molecular weight excluding hydrogens is 350 g/mol. The third kappa shape index (κ3) is 4.20. The van der Waals surface area contributed by atoms with Crippen LogP contribution in [0.15, 0.2) is 30.3 Å². The highest BCUT2D eigenvalue weighted by atomic mass is 32.2. The monoisotopic (exact) mass is 379 g/mol. The molecule has 0 aromatic heterocycles. The standard InChI is InChI=1S/C19H29N3O3S/c1-15(2)8-13-22-14-16-9-11-21(12-10-18(16)26(22,24)25)19(23)20-17-6-4-3-5-7-17/h3-7,15-16,18H,8-14H2,1-2H3,(H,20,23)/t16-,18-/m1/s1. The van der Waals surface area contributed by atoms with E-state index in [1.165, 1.54) is 0 Å². The second kappa shape index (κ2) is 7.96. The van der Waals surface area contributed by atoms with Crippen molar-refractivity contribution in [3.05, 3.63) is 30.3 Å². The first-order valence-corrected chi connectivity index (χ1v) is 11.0. The molecule has 0 radical (unpaired) electrons. The van der Waals surface area contributed by atoms with E-state index in [2.05, 4.69) is 19.2 Å². The summed E-state index contributed by atoms with van der Waals surface area (Å²) in [6.07, 6.45) is 2.15. The maximum Gasteiger partial charge on any atom is 0.321 e. The van der Waals surface area contributed by atoms with Gasteiger partial charge in [0.05, 0.1) is 5.25 Å². The molecular formula is C19H29N3O3S. The normalized spacial score (nSPS) is 25.7. The van der Waals surface area contributed by atoms with E-state index in [4.69, 9.17) is 0 Å². The van der Waals surface area contributed by atoms with Gasteiger partial charge in [-0.1, -0.05) is 32.0 Å². The number of fused-ring (bicyclic) bond motifs is 1. The van der Waals surface area contributed by atoms with Gasteiger partial charge in [-0.25, -0.2) is 17.5 Å². The minimum Gasteiger partial charge on any atom is -0.324 e. The lowest BCUT2D eigenvalue weighted by Crippen LogP contribution is -2.37. The number of carbonyl (C=O) groups is 1. The molecule has 1 aromatic rings. The van der Waals surface area contributed by atoms with Gasteiger partial charge in [0.1, 0.15) is 0 Å². The second-order valence-corrected chi connectivity index (χ2v) is 9.90. The molecule has 144 valence electrons. The molecule has 2 atom stereocenters. The first-order valence-electron chi connectivity index (χ1n) is 9.48. The van der Waals surface area contributed by atoms with E-state index in [-0.39, 0.29) is 17.2 Å². The zero-order valence-corrected chi connectivity index (χ0v) is 16.4. The number of carbonyl (C=O) groups excluding carboxylic acids is 1. The fourth-order valence-electron chi connectivity index (χ4n) is 3.84. The number of anilines is 1. The second-order valence-electron chi connectivity index (χ2n) is 7.74. The van der Waals surface area contributed by atoms with E-state index in [1.807, 2.05) is 30.3 Å². The number of benzene rings is 1. The Bertz CT molecular complexity index is 721. The Kier molecular flexibility index (Phi) is 5.87. The van der Waals surface area contributed by atoms with E-state index in [0.29, 0.717) is 38.5 Å². The van der Waals surface area contributed by atoms with Crippen LogP contribution in [-0.4, -0.2) is 55.1 Å². The van der Waals surface area contributed by atoms with Gasteiger partial charge in [0.25, 0.3) is 0 Å². The lowest BCUT2D eigenvalue weighted by atomic mass is 10.0. The third-order valence-electron chi connectivity index (χ3n) is 5.43. The fraction of sp³-hybridized carbons (Fsp3) is 0.632. The molecule has 0 aliphatic carbocycles. The first-order chi connectivity index (χ1) is 12.4. The van der Waals surface area contributed by atoms with Crippen LogP contribution in [0.1, 0.15) is 33.1 Å². The van der Waals surface area contributed by atoms with Crippen LogP contribution in [0.4, 0.5) is 10.5 Å². The summed E-state index contributed by atoms with van der Waals surface area (Å²) in [4.78, 5) is 14.2. The van der Waals surface area contributed by atoms with Gasteiger partial charge in [-0.15, -0.1) is 0 Å². The number of sulfonamides is 1. The molecule has 0 unspecified atom stereocenters. The summed E-state index contributed by atoms with van der Waals surface area (Å²) >= 11 is 0. The summed E-state index contributed by atoms with van der Waals surface area (Å²) in [6, 6.07) is 9.20. The summed E-state index contributed by atoms with van der Waals surface area (Å²) < 4.78 is 27.4. The van der Waals surface area contributed by atoms with Crippen LogP contribution in [-0.2, 0) is 10.0 Å². The number of urea groups is 1. The summed E-state index contributed by atoms with van der Waals surface area (Å²) in [5.74, 6) is 0.620. The smallest absolute Gasteiger partial charge is 0.321 e. The lowest BCUT2D eigenvalue weighted by Gasteiger charge is -2.22. The van der Waals surface area contributed by atoms with Gasteiger partial charge < -0.3 is 10.2 Å². The summed E-state index contributed by atoms with van der Waals surface area (Å²) in [5.41, 5.74) is 0.759. The van der Waals surface area contributed by atoms with Crippen molar-refractivity contribution in [2.24, 2.45) is 11.8 Å². The van der Waals surface area contributed by atoms with Gasteiger partial charge in [-0.3, -0.25) is 0 Å². The zero-order valence-electron chi connectivity index (χ0n) is 15.6.